The van der Waals surface area contributed by atoms with Gasteiger partial charge in [0.2, 0.25) is 11.7 Å². The van der Waals surface area contributed by atoms with Crippen LogP contribution in [0, 0.1) is 6.92 Å². The minimum absolute atomic E-state index is 0.0300. The zero-order valence-electron chi connectivity index (χ0n) is 28.5. The van der Waals surface area contributed by atoms with Crippen molar-refractivity contribution in [1.82, 2.24) is 43.8 Å². The molecule has 0 bridgehead atoms. The number of hydrogen-bond donors (Lipinski definition) is 2. The van der Waals surface area contributed by atoms with E-state index >= 15 is 0 Å². The quantitative estimate of drug-likeness (QED) is 0.243. The van der Waals surface area contributed by atoms with Gasteiger partial charge in [0, 0.05) is 50.4 Å². The number of amides is 2. The Hall–Kier alpha value is -6.04. The monoisotopic (exact) mass is 749 g/mol. The zero-order chi connectivity index (χ0) is 37.8. The molecule has 1 aliphatic heterocycles. The Kier molecular flexibility index (Phi) is 9.01. The zero-order valence-corrected chi connectivity index (χ0v) is 29.3. The molecule has 1 fully saturated rings. The van der Waals surface area contributed by atoms with Gasteiger partial charge in [0.1, 0.15) is 18.6 Å². The van der Waals surface area contributed by atoms with E-state index in [4.69, 9.17) is 16.6 Å². The number of fused-ring (bicyclic) bond motifs is 2. The number of aromatic nitrogens is 8. The average Bonchev–Trinajstić information content (AvgIpc) is 3.74. The van der Waals surface area contributed by atoms with Crippen LogP contribution < -0.4 is 15.8 Å². The number of carbonyl (C=O) groups excluding carboxylic acids is 2. The molecule has 2 amide bonds. The first-order valence-electron chi connectivity index (χ1n) is 16.4. The van der Waals surface area contributed by atoms with Crippen LogP contribution in [0.25, 0.3) is 28.1 Å². The lowest BCUT2D eigenvalue weighted by atomic mass is 10.1. The summed E-state index contributed by atoms with van der Waals surface area (Å²) in [6.07, 6.45) is -1.32. The van der Waals surface area contributed by atoms with Gasteiger partial charge in [-0.2, -0.15) is 27.8 Å². The highest BCUT2D eigenvalue weighted by Gasteiger charge is 2.32. The first-order valence-corrected chi connectivity index (χ1v) is 16.8. The number of benzene rings is 2. The van der Waals surface area contributed by atoms with E-state index in [1.165, 1.54) is 11.2 Å². The molecule has 1 saturated heterocycles. The number of carbonyl (C=O) groups is 2. The first kappa shape index (κ1) is 35.4. The number of nitrogens with zero attached hydrogens (tertiary/aromatic N) is 10. The SMILES string of the molecule is CCc1c(N2CCN(C(=O)c3ncnc(C)c3O)CC2)c(=O)n2nc(-c3ccc4nn(C)cc4c3)nc2n1CC(=O)Nc1ccc(C(F)(F)F)cc1Cl. The fraction of sp³-hybridized carbons (Fsp3) is 0.294. The fourth-order valence-electron chi connectivity index (χ4n) is 6.37. The van der Waals surface area contributed by atoms with Crippen molar-refractivity contribution in [3.63, 3.8) is 0 Å². The van der Waals surface area contributed by atoms with Gasteiger partial charge in [-0.15, -0.1) is 5.10 Å². The topological polar surface area (TPSA) is 169 Å². The highest BCUT2D eigenvalue weighted by molar-refractivity contribution is 6.33. The summed E-state index contributed by atoms with van der Waals surface area (Å²) in [5.74, 6) is -1.16. The van der Waals surface area contributed by atoms with Crippen molar-refractivity contribution in [2.75, 3.05) is 36.4 Å². The molecule has 0 radical (unpaired) electrons. The van der Waals surface area contributed by atoms with Crippen molar-refractivity contribution in [3.05, 3.63) is 86.9 Å². The van der Waals surface area contributed by atoms with Crippen LogP contribution in [0.2, 0.25) is 5.02 Å². The Morgan fingerprint density at radius 2 is 1.79 bits per heavy atom. The molecule has 274 valence electrons. The summed E-state index contributed by atoms with van der Waals surface area (Å²) in [5.41, 5.74) is 0.679. The van der Waals surface area contributed by atoms with E-state index in [0.717, 1.165) is 33.6 Å². The summed E-state index contributed by atoms with van der Waals surface area (Å²) in [4.78, 5) is 57.1. The van der Waals surface area contributed by atoms with Crippen LogP contribution in [-0.2, 0) is 31.0 Å². The van der Waals surface area contributed by atoms with Crippen molar-refractivity contribution in [1.29, 1.82) is 0 Å². The highest BCUT2D eigenvalue weighted by atomic mass is 35.5. The molecule has 0 atom stereocenters. The van der Waals surface area contributed by atoms with E-state index in [1.807, 2.05) is 19.2 Å². The summed E-state index contributed by atoms with van der Waals surface area (Å²) in [6, 6.07) is 8.02. The molecule has 0 aliphatic carbocycles. The maximum absolute atomic E-state index is 14.3. The number of rotatable bonds is 7. The Morgan fingerprint density at radius 3 is 2.49 bits per heavy atom. The Bertz CT molecular complexity index is 2490. The van der Waals surface area contributed by atoms with Crippen LogP contribution in [0.15, 0.2) is 53.7 Å². The molecule has 7 rings (SSSR count). The van der Waals surface area contributed by atoms with Crippen LogP contribution in [0.4, 0.5) is 24.5 Å². The van der Waals surface area contributed by atoms with Gasteiger partial charge in [0.05, 0.1) is 33.2 Å². The number of halogens is 4. The number of aromatic hydroxyl groups is 1. The van der Waals surface area contributed by atoms with Gasteiger partial charge in [-0.3, -0.25) is 19.1 Å². The highest BCUT2D eigenvalue weighted by Crippen LogP contribution is 2.34. The van der Waals surface area contributed by atoms with Gasteiger partial charge in [-0.1, -0.05) is 18.5 Å². The number of alkyl halides is 3. The maximum atomic E-state index is 14.3. The summed E-state index contributed by atoms with van der Waals surface area (Å²) >= 11 is 6.14. The molecule has 2 aromatic carbocycles. The lowest BCUT2D eigenvalue weighted by Gasteiger charge is -2.36. The number of aryl methyl sites for hydroxylation is 2. The van der Waals surface area contributed by atoms with Crippen molar-refractivity contribution < 1.29 is 27.9 Å². The molecule has 1 aliphatic rings. The molecule has 0 unspecified atom stereocenters. The second-order valence-corrected chi connectivity index (χ2v) is 12.8. The van der Waals surface area contributed by atoms with Gasteiger partial charge in [0.25, 0.3) is 11.5 Å². The van der Waals surface area contributed by atoms with Gasteiger partial charge in [0.15, 0.2) is 17.3 Å². The van der Waals surface area contributed by atoms with Gasteiger partial charge >= 0.3 is 6.18 Å². The molecule has 2 N–H and O–H groups in total. The first-order chi connectivity index (χ1) is 25.2. The molecular weight excluding hydrogens is 719 g/mol. The third-order valence-electron chi connectivity index (χ3n) is 9.00. The molecule has 0 spiro atoms. The van der Waals surface area contributed by atoms with E-state index in [2.05, 4.69) is 25.5 Å². The number of nitrogens with one attached hydrogen (secondary N) is 1. The van der Waals surface area contributed by atoms with Crippen LogP contribution >= 0.6 is 11.6 Å². The molecule has 6 aromatic rings. The molecule has 0 saturated carbocycles. The summed E-state index contributed by atoms with van der Waals surface area (Å²) in [5, 5.41) is 22.5. The summed E-state index contributed by atoms with van der Waals surface area (Å²) in [6.45, 7) is 3.77. The normalized spacial score (nSPS) is 13.6. The Labute approximate surface area is 303 Å². The minimum Gasteiger partial charge on any atom is -0.504 e. The van der Waals surface area contributed by atoms with Crippen molar-refractivity contribution in [2.45, 2.75) is 33.0 Å². The minimum atomic E-state index is -4.62. The smallest absolute Gasteiger partial charge is 0.416 e. The standard InChI is InChI=1S/C34H31ClF3N11O4/c1-4-25-28(46-9-11-47(12-10-46)31(52)27-29(51)18(2)39-17-40-27)32(53)49-33(42-30(44-49)19-5-7-23-20(13-19)15-45(3)43-23)48(25)16-26(50)41-24-8-6-21(14-22(24)35)34(36,37)38/h5-8,13-15,17,51H,4,9-12,16H2,1-3H3,(H,41,50). The third-order valence-corrected chi connectivity index (χ3v) is 9.31. The molecule has 53 heavy (non-hydrogen) atoms. The predicted molar refractivity (Wildman–Crippen MR) is 188 cm³/mol. The fourth-order valence-corrected chi connectivity index (χ4v) is 6.60. The Morgan fingerprint density at radius 1 is 1.04 bits per heavy atom. The summed E-state index contributed by atoms with van der Waals surface area (Å²) < 4.78 is 44.1. The van der Waals surface area contributed by atoms with Crippen molar-refractivity contribution >= 4 is 51.5 Å². The third kappa shape index (κ3) is 6.61. The van der Waals surface area contributed by atoms with Crippen LogP contribution in [-0.4, -0.2) is 86.9 Å². The van der Waals surface area contributed by atoms with Crippen molar-refractivity contribution in [3.8, 4) is 17.1 Å². The second kappa shape index (κ2) is 13.5. The van der Waals surface area contributed by atoms with E-state index in [9.17, 15) is 32.7 Å². The maximum Gasteiger partial charge on any atom is 0.416 e. The van der Waals surface area contributed by atoms with E-state index in [0.29, 0.717) is 11.3 Å². The molecule has 19 heteroatoms. The Balaban J connectivity index is 1.27. The number of piperazine rings is 1. The number of hydrogen-bond acceptors (Lipinski definition) is 10. The van der Waals surface area contributed by atoms with Gasteiger partial charge in [-0.05, 0) is 49.7 Å². The van der Waals surface area contributed by atoms with E-state index in [1.54, 1.807) is 40.3 Å². The second-order valence-electron chi connectivity index (χ2n) is 12.4. The van der Waals surface area contributed by atoms with Crippen LogP contribution in [0.5, 0.6) is 5.75 Å². The average molecular weight is 750 g/mol. The summed E-state index contributed by atoms with van der Waals surface area (Å²) in [7, 11) is 1.79. The lowest BCUT2D eigenvalue weighted by Crippen LogP contribution is -2.51. The molecule has 5 heterocycles. The van der Waals surface area contributed by atoms with E-state index < -0.39 is 35.7 Å². The van der Waals surface area contributed by atoms with E-state index in [-0.39, 0.29) is 77.7 Å². The number of anilines is 2. The predicted octanol–water partition coefficient (Wildman–Crippen LogP) is 4.08. The lowest BCUT2D eigenvalue weighted by molar-refractivity contribution is -0.137. The van der Waals surface area contributed by atoms with Crippen molar-refractivity contribution in [2.24, 2.45) is 7.05 Å². The largest absolute Gasteiger partial charge is 0.504 e. The van der Waals surface area contributed by atoms with Gasteiger partial charge < -0.3 is 24.8 Å². The van der Waals surface area contributed by atoms with Crippen LogP contribution in [0.3, 0.4) is 0 Å². The molecule has 4 aromatic heterocycles. The van der Waals surface area contributed by atoms with Gasteiger partial charge in [-0.25, -0.2) is 9.97 Å². The molecule has 15 nitrogen and oxygen atoms in total. The molecular formula is C34H31ClF3N11O4. The van der Waals surface area contributed by atoms with Crippen LogP contribution in [0.1, 0.15) is 34.4 Å².